The summed E-state index contributed by atoms with van der Waals surface area (Å²) in [4.78, 5) is 34.0. The van der Waals surface area contributed by atoms with Crippen LogP contribution in [-0.2, 0) is 19.1 Å². The molecule has 1 amide bonds. The lowest BCUT2D eigenvalue weighted by Crippen LogP contribution is -2.58. The molecule has 0 radical (unpaired) electrons. The van der Waals surface area contributed by atoms with Crippen LogP contribution in [-0.4, -0.2) is 44.2 Å². The molecule has 1 heterocycles. The fourth-order valence-electron chi connectivity index (χ4n) is 2.46. The van der Waals surface area contributed by atoms with Gasteiger partial charge in [-0.05, 0) is 20.8 Å². The summed E-state index contributed by atoms with van der Waals surface area (Å²) in [6.07, 6.45) is 0.220. The standard InChI is InChI=1S/C14H24N2O5S/c1-12(2)7-14(5,22-12)21-11(20)13(3,4)16-10(19)8(15)6-9(17)18/h8H,6-7,15H2,1-5H3,(H,16,19)(H,17,18)/t8-,14?/m0/s1. The smallest absolute Gasteiger partial charge is 0.332 e. The molecule has 1 aliphatic rings. The quantitative estimate of drug-likeness (QED) is 0.617. The minimum absolute atomic E-state index is 0.0618. The van der Waals surface area contributed by atoms with E-state index in [0.717, 1.165) is 6.42 Å². The fourth-order valence-corrected chi connectivity index (χ4v) is 4.28. The van der Waals surface area contributed by atoms with Gasteiger partial charge in [-0.15, -0.1) is 11.8 Å². The van der Waals surface area contributed by atoms with E-state index in [1.165, 1.54) is 13.8 Å². The van der Waals surface area contributed by atoms with E-state index in [2.05, 4.69) is 19.2 Å². The van der Waals surface area contributed by atoms with Gasteiger partial charge < -0.3 is 20.9 Å². The Morgan fingerprint density at radius 2 is 1.86 bits per heavy atom. The van der Waals surface area contributed by atoms with Gasteiger partial charge in [0.1, 0.15) is 5.54 Å². The third-order valence-corrected chi connectivity index (χ3v) is 4.58. The maximum absolute atomic E-state index is 12.3. The number of carboxylic acids is 1. The van der Waals surface area contributed by atoms with E-state index < -0.39 is 40.8 Å². The molecule has 4 N–H and O–H groups in total. The van der Waals surface area contributed by atoms with Gasteiger partial charge in [0.05, 0.1) is 12.5 Å². The summed E-state index contributed by atoms with van der Waals surface area (Å²) in [6.45, 7) is 8.95. The zero-order valence-corrected chi connectivity index (χ0v) is 14.4. The highest BCUT2D eigenvalue weighted by atomic mass is 32.2. The van der Waals surface area contributed by atoms with Crippen LogP contribution in [0.3, 0.4) is 0 Å². The SMILES string of the molecule is CC1(C)CC(C)(OC(=O)C(C)(C)NC(=O)[C@@H](N)CC(=O)O)S1. The summed E-state index contributed by atoms with van der Waals surface area (Å²) < 4.78 is 5.55. The number of ether oxygens (including phenoxy) is 1. The number of carbonyl (C=O) groups is 3. The fraction of sp³-hybridized carbons (Fsp3) is 0.786. The van der Waals surface area contributed by atoms with E-state index in [9.17, 15) is 14.4 Å². The largest absolute Gasteiger partial charge is 0.481 e. The molecule has 1 saturated heterocycles. The van der Waals surface area contributed by atoms with E-state index >= 15 is 0 Å². The predicted octanol–water partition coefficient (Wildman–Crippen LogP) is 0.858. The Bertz CT molecular complexity index is 482. The second-order valence-electron chi connectivity index (χ2n) is 6.88. The molecule has 0 aromatic carbocycles. The van der Waals surface area contributed by atoms with Gasteiger partial charge in [0.15, 0.2) is 4.93 Å². The van der Waals surface area contributed by atoms with E-state index in [1.54, 1.807) is 11.8 Å². The van der Waals surface area contributed by atoms with Gasteiger partial charge in [-0.25, -0.2) is 4.79 Å². The highest BCUT2D eigenvalue weighted by Gasteiger charge is 2.51. The Kier molecular flexibility index (Phi) is 5.18. The highest BCUT2D eigenvalue weighted by Crippen LogP contribution is 2.55. The number of thioether (sulfide) groups is 1. The van der Waals surface area contributed by atoms with Crippen molar-refractivity contribution in [3.05, 3.63) is 0 Å². The van der Waals surface area contributed by atoms with Gasteiger partial charge >= 0.3 is 11.9 Å². The van der Waals surface area contributed by atoms with E-state index in [-0.39, 0.29) is 4.75 Å². The Morgan fingerprint density at radius 3 is 2.27 bits per heavy atom. The molecule has 1 aliphatic heterocycles. The first-order valence-corrected chi connectivity index (χ1v) is 7.81. The van der Waals surface area contributed by atoms with Crippen molar-refractivity contribution in [3.63, 3.8) is 0 Å². The second kappa shape index (κ2) is 6.08. The Morgan fingerprint density at radius 1 is 1.36 bits per heavy atom. The lowest BCUT2D eigenvalue weighted by molar-refractivity contribution is -0.161. The average molecular weight is 332 g/mol. The van der Waals surface area contributed by atoms with Crippen molar-refractivity contribution in [3.8, 4) is 0 Å². The number of carboxylic acid groups (broad SMARTS) is 1. The summed E-state index contributed by atoms with van der Waals surface area (Å²) in [6, 6.07) is -1.21. The third-order valence-electron chi connectivity index (χ3n) is 3.22. The molecule has 22 heavy (non-hydrogen) atoms. The number of carbonyl (C=O) groups excluding carboxylic acids is 2. The number of hydrogen-bond acceptors (Lipinski definition) is 6. The van der Waals surface area contributed by atoms with Crippen LogP contribution in [0, 0.1) is 0 Å². The molecule has 1 rings (SSSR count). The first kappa shape index (κ1) is 18.8. The zero-order valence-electron chi connectivity index (χ0n) is 13.6. The molecule has 0 saturated carbocycles. The monoisotopic (exact) mass is 332 g/mol. The number of esters is 1. The van der Waals surface area contributed by atoms with Crippen LogP contribution in [0.1, 0.15) is 47.5 Å². The maximum atomic E-state index is 12.3. The van der Waals surface area contributed by atoms with E-state index in [0.29, 0.717) is 0 Å². The number of aliphatic carboxylic acids is 1. The summed E-state index contributed by atoms with van der Waals surface area (Å²) in [5, 5.41) is 11.1. The van der Waals surface area contributed by atoms with Crippen LogP contribution >= 0.6 is 11.8 Å². The molecule has 2 atom stereocenters. The number of amides is 1. The maximum Gasteiger partial charge on any atom is 0.332 e. The van der Waals surface area contributed by atoms with Crippen LogP contribution in [0.5, 0.6) is 0 Å². The Labute approximate surface area is 134 Å². The molecule has 126 valence electrons. The summed E-state index contributed by atoms with van der Waals surface area (Å²) in [5.74, 6) is -2.45. The lowest BCUT2D eigenvalue weighted by atomic mass is 10.0. The van der Waals surface area contributed by atoms with Gasteiger partial charge in [-0.2, -0.15) is 0 Å². The molecule has 1 unspecified atom stereocenters. The molecule has 0 aliphatic carbocycles. The summed E-state index contributed by atoms with van der Waals surface area (Å²) in [7, 11) is 0. The molecule has 1 fully saturated rings. The molecular formula is C14H24N2O5S. The first-order valence-electron chi connectivity index (χ1n) is 6.99. The van der Waals surface area contributed by atoms with Crippen molar-refractivity contribution in [1.82, 2.24) is 5.32 Å². The molecule has 0 aromatic heterocycles. The van der Waals surface area contributed by atoms with Crippen LogP contribution in [0.15, 0.2) is 0 Å². The lowest BCUT2D eigenvalue weighted by Gasteiger charge is -2.49. The summed E-state index contributed by atoms with van der Waals surface area (Å²) >= 11 is 1.55. The Hall–Kier alpha value is -1.28. The average Bonchev–Trinajstić information content (AvgIpc) is 2.23. The minimum atomic E-state index is -1.28. The van der Waals surface area contributed by atoms with E-state index in [4.69, 9.17) is 15.6 Å². The first-order chi connectivity index (χ1) is 9.76. The van der Waals surface area contributed by atoms with Crippen LogP contribution < -0.4 is 11.1 Å². The van der Waals surface area contributed by atoms with Gasteiger partial charge in [-0.1, -0.05) is 13.8 Å². The molecule has 8 heteroatoms. The van der Waals surface area contributed by atoms with Gasteiger partial charge in [0, 0.05) is 11.2 Å². The van der Waals surface area contributed by atoms with Crippen LogP contribution in [0.2, 0.25) is 0 Å². The number of nitrogens with one attached hydrogen (secondary N) is 1. The van der Waals surface area contributed by atoms with Crippen molar-refractivity contribution in [2.45, 2.75) is 68.7 Å². The molecule has 0 bridgehead atoms. The molecular weight excluding hydrogens is 308 g/mol. The predicted molar refractivity (Wildman–Crippen MR) is 83.2 cm³/mol. The second-order valence-corrected chi connectivity index (χ2v) is 9.05. The molecule has 0 aromatic rings. The molecule has 7 nitrogen and oxygen atoms in total. The van der Waals surface area contributed by atoms with Crippen molar-refractivity contribution >= 4 is 29.6 Å². The third kappa shape index (κ3) is 4.88. The minimum Gasteiger partial charge on any atom is -0.481 e. The van der Waals surface area contributed by atoms with Gasteiger partial charge in [-0.3, -0.25) is 9.59 Å². The topological polar surface area (TPSA) is 119 Å². The highest BCUT2D eigenvalue weighted by molar-refractivity contribution is 8.03. The zero-order chi connectivity index (χ0) is 17.3. The van der Waals surface area contributed by atoms with Gasteiger partial charge in [0.25, 0.3) is 0 Å². The number of hydrogen-bond donors (Lipinski definition) is 3. The van der Waals surface area contributed by atoms with Crippen molar-refractivity contribution in [2.24, 2.45) is 5.73 Å². The van der Waals surface area contributed by atoms with Crippen molar-refractivity contribution in [2.75, 3.05) is 0 Å². The normalized spacial score (nSPS) is 24.8. The van der Waals surface area contributed by atoms with Crippen molar-refractivity contribution < 1.29 is 24.2 Å². The van der Waals surface area contributed by atoms with Crippen LogP contribution in [0.25, 0.3) is 0 Å². The number of rotatable bonds is 6. The van der Waals surface area contributed by atoms with Gasteiger partial charge in [0.2, 0.25) is 5.91 Å². The summed E-state index contributed by atoms with van der Waals surface area (Å²) in [5.41, 5.74) is 4.20. The van der Waals surface area contributed by atoms with E-state index in [1.807, 2.05) is 6.92 Å². The number of nitrogens with two attached hydrogens (primary N) is 1. The van der Waals surface area contributed by atoms with Crippen molar-refractivity contribution in [1.29, 1.82) is 0 Å². The van der Waals surface area contributed by atoms with Crippen LogP contribution in [0.4, 0.5) is 0 Å². The Balaban J connectivity index is 2.60. The molecule has 0 spiro atoms.